The third-order valence-corrected chi connectivity index (χ3v) is 3.06. The van der Waals surface area contributed by atoms with Crippen molar-refractivity contribution in [1.82, 2.24) is 5.32 Å². The van der Waals surface area contributed by atoms with E-state index in [1.165, 1.54) is 7.11 Å². The molecule has 1 amide bonds. The maximum absolute atomic E-state index is 12.3. The Morgan fingerprint density at radius 2 is 1.95 bits per heavy atom. The number of hydrogen-bond acceptors (Lipinski definition) is 4. The van der Waals surface area contributed by atoms with E-state index in [2.05, 4.69) is 5.32 Å². The van der Waals surface area contributed by atoms with Crippen LogP contribution in [0, 0.1) is 0 Å². The van der Waals surface area contributed by atoms with Gasteiger partial charge in [0.2, 0.25) is 0 Å². The summed E-state index contributed by atoms with van der Waals surface area (Å²) in [6.45, 7) is 0.393. The number of benzene rings is 2. The number of rotatable bonds is 5. The van der Waals surface area contributed by atoms with Crippen LogP contribution in [0.4, 0.5) is 5.69 Å². The van der Waals surface area contributed by atoms with Crippen LogP contribution in [0.15, 0.2) is 42.5 Å². The number of nitrogen functional groups attached to an aromatic ring is 1. The predicted molar refractivity (Wildman–Crippen MR) is 81.6 cm³/mol. The van der Waals surface area contributed by atoms with Gasteiger partial charge >= 0.3 is 0 Å². The molecule has 0 heterocycles. The summed E-state index contributed by atoms with van der Waals surface area (Å²) in [6.07, 6.45) is 0. The Labute approximate surface area is 123 Å². The Morgan fingerprint density at radius 3 is 2.62 bits per heavy atom. The van der Waals surface area contributed by atoms with Crippen LogP contribution >= 0.6 is 0 Å². The first-order valence-corrected chi connectivity index (χ1v) is 6.48. The number of ether oxygens (including phenoxy) is 2. The van der Waals surface area contributed by atoms with Gasteiger partial charge in [-0.15, -0.1) is 0 Å². The van der Waals surface area contributed by atoms with Crippen LogP contribution in [0.5, 0.6) is 11.5 Å². The topological polar surface area (TPSA) is 73.6 Å². The normalized spacial score (nSPS) is 10.0. The SMILES string of the molecule is COc1ccc(OC)c(C(=O)NCc2cccc(N)c2)c1. The minimum atomic E-state index is -0.229. The maximum atomic E-state index is 12.3. The zero-order valence-electron chi connectivity index (χ0n) is 12.1. The molecule has 0 aliphatic rings. The van der Waals surface area contributed by atoms with E-state index in [1.807, 2.05) is 18.2 Å². The van der Waals surface area contributed by atoms with Crippen LogP contribution in [-0.4, -0.2) is 20.1 Å². The van der Waals surface area contributed by atoms with E-state index in [9.17, 15) is 4.79 Å². The van der Waals surface area contributed by atoms with Crippen molar-refractivity contribution in [3.05, 3.63) is 53.6 Å². The highest BCUT2D eigenvalue weighted by Gasteiger charge is 2.13. The smallest absolute Gasteiger partial charge is 0.255 e. The summed E-state index contributed by atoms with van der Waals surface area (Å²) in [4.78, 5) is 12.3. The monoisotopic (exact) mass is 286 g/mol. The molecule has 0 saturated heterocycles. The van der Waals surface area contributed by atoms with Crippen molar-refractivity contribution in [2.45, 2.75) is 6.54 Å². The van der Waals surface area contributed by atoms with Crippen molar-refractivity contribution < 1.29 is 14.3 Å². The Hall–Kier alpha value is -2.69. The van der Waals surface area contributed by atoms with Gasteiger partial charge in [-0.2, -0.15) is 0 Å². The molecule has 0 saturated carbocycles. The van der Waals surface area contributed by atoms with Crippen molar-refractivity contribution in [2.24, 2.45) is 0 Å². The summed E-state index contributed by atoms with van der Waals surface area (Å²) < 4.78 is 10.3. The number of amides is 1. The first-order valence-electron chi connectivity index (χ1n) is 6.48. The quantitative estimate of drug-likeness (QED) is 0.827. The largest absolute Gasteiger partial charge is 0.497 e. The van der Waals surface area contributed by atoms with E-state index in [4.69, 9.17) is 15.2 Å². The second kappa shape index (κ2) is 6.65. The van der Waals surface area contributed by atoms with Gasteiger partial charge in [-0.1, -0.05) is 12.1 Å². The van der Waals surface area contributed by atoms with Crippen LogP contribution in [0.2, 0.25) is 0 Å². The number of carbonyl (C=O) groups is 1. The second-order valence-corrected chi connectivity index (χ2v) is 4.49. The van der Waals surface area contributed by atoms with Gasteiger partial charge in [-0.05, 0) is 35.9 Å². The molecule has 3 N–H and O–H groups in total. The summed E-state index contributed by atoms with van der Waals surface area (Å²) in [6, 6.07) is 12.5. The summed E-state index contributed by atoms with van der Waals surface area (Å²) in [7, 11) is 3.08. The minimum Gasteiger partial charge on any atom is -0.497 e. The molecule has 21 heavy (non-hydrogen) atoms. The molecule has 0 aromatic heterocycles. The van der Waals surface area contributed by atoms with Crippen LogP contribution in [0.25, 0.3) is 0 Å². The van der Waals surface area contributed by atoms with Crippen molar-refractivity contribution in [2.75, 3.05) is 20.0 Å². The fourth-order valence-corrected chi connectivity index (χ4v) is 1.97. The van der Waals surface area contributed by atoms with Crippen molar-refractivity contribution in [3.8, 4) is 11.5 Å². The summed E-state index contributed by atoms with van der Waals surface area (Å²) in [5.41, 5.74) is 7.74. The standard InChI is InChI=1S/C16H18N2O3/c1-20-13-6-7-15(21-2)14(9-13)16(19)18-10-11-4-3-5-12(17)8-11/h3-9H,10,17H2,1-2H3,(H,18,19). The van der Waals surface area contributed by atoms with E-state index in [1.54, 1.807) is 31.4 Å². The zero-order valence-corrected chi connectivity index (χ0v) is 12.1. The predicted octanol–water partition coefficient (Wildman–Crippen LogP) is 2.22. The Bertz CT molecular complexity index is 641. The summed E-state index contributed by atoms with van der Waals surface area (Å²) in [5.74, 6) is 0.874. The minimum absolute atomic E-state index is 0.229. The average Bonchev–Trinajstić information content (AvgIpc) is 2.52. The van der Waals surface area contributed by atoms with Gasteiger partial charge in [0, 0.05) is 12.2 Å². The van der Waals surface area contributed by atoms with Gasteiger partial charge < -0.3 is 20.5 Å². The zero-order chi connectivity index (χ0) is 15.2. The molecule has 0 unspecified atom stereocenters. The molecule has 2 aromatic rings. The molecule has 5 nitrogen and oxygen atoms in total. The number of hydrogen-bond donors (Lipinski definition) is 2. The third-order valence-electron chi connectivity index (χ3n) is 3.06. The fourth-order valence-electron chi connectivity index (χ4n) is 1.97. The lowest BCUT2D eigenvalue weighted by Gasteiger charge is -2.11. The molecule has 0 aliphatic heterocycles. The van der Waals surface area contributed by atoms with E-state index in [-0.39, 0.29) is 5.91 Å². The molecule has 2 aromatic carbocycles. The molecule has 0 fully saturated rings. The van der Waals surface area contributed by atoms with Crippen LogP contribution < -0.4 is 20.5 Å². The number of methoxy groups -OCH3 is 2. The molecule has 0 bridgehead atoms. The number of nitrogens with one attached hydrogen (secondary N) is 1. The van der Waals surface area contributed by atoms with Crippen LogP contribution in [0.3, 0.4) is 0 Å². The number of anilines is 1. The summed E-state index contributed by atoms with van der Waals surface area (Å²) >= 11 is 0. The van der Waals surface area contributed by atoms with Crippen molar-refractivity contribution >= 4 is 11.6 Å². The van der Waals surface area contributed by atoms with Gasteiger partial charge in [0.25, 0.3) is 5.91 Å². The lowest BCUT2D eigenvalue weighted by atomic mass is 10.1. The Morgan fingerprint density at radius 1 is 1.14 bits per heavy atom. The lowest BCUT2D eigenvalue weighted by molar-refractivity contribution is 0.0947. The lowest BCUT2D eigenvalue weighted by Crippen LogP contribution is -2.23. The first-order chi connectivity index (χ1) is 10.1. The molecule has 0 atom stereocenters. The van der Waals surface area contributed by atoms with Crippen LogP contribution in [0.1, 0.15) is 15.9 Å². The molecular weight excluding hydrogens is 268 g/mol. The molecule has 2 rings (SSSR count). The molecule has 0 aliphatic carbocycles. The van der Waals surface area contributed by atoms with Gasteiger partial charge in [-0.3, -0.25) is 4.79 Å². The second-order valence-electron chi connectivity index (χ2n) is 4.49. The molecular formula is C16H18N2O3. The highest BCUT2D eigenvalue weighted by atomic mass is 16.5. The Kier molecular flexibility index (Phi) is 4.66. The van der Waals surface area contributed by atoms with Gasteiger partial charge in [0.05, 0.1) is 19.8 Å². The maximum Gasteiger partial charge on any atom is 0.255 e. The molecule has 110 valence electrons. The Balaban J connectivity index is 2.12. The summed E-state index contributed by atoms with van der Waals surface area (Å²) in [5, 5.41) is 2.84. The van der Waals surface area contributed by atoms with E-state index in [0.29, 0.717) is 29.3 Å². The molecule has 5 heteroatoms. The van der Waals surface area contributed by atoms with Gasteiger partial charge in [0.1, 0.15) is 11.5 Å². The van der Waals surface area contributed by atoms with E-state index < -0.39 is 0 Å². The van der Waals surface area contributed by atoms with Gasteiger partial charge in [0.15, 0.2) is 0 Å². The van der Waals surface area contributed by atoms with Crippen molar-refractivity contribution in [1.29, 1.82) is 0 Å². The van der Waals surface area contributed by atoms with E-state index >= 15 is 0 Å². The highest BCUT2D eigenvalue weighted by Crippen LogP contribution is 2.23. The van der Waals surface area contributed by atoms with Crippen molar-refractivity contribution in [3.63, 3.8) is 0 Å². The first kappa shape index (κ1) is 14.7. The fraction of sp³-hybridized carbons (Fsp3) is 0.188. The third kappa shape index (κ3) is 3.66. The average molecular weight is 286 g/mol. The van der Waals surface area contributed by atoms with E-state index in [0.717, 1.165) is 5.56 Å². The molecule has 0 radical (unpaired) electrons. The number of nitrogens with two attached hydrogens (primary N) is 1. The highest BCUT2D eigenvalue weighted by molar-refractivity contribution is 5.97. The number of carbonyl (C=O) groups excluding carboxylic acids is 1. The van der Waals surface area contributed by atoms with Gasteiger partial charge in [-0.25, -0.2) is 0 Å². The molecule has 0 spiro atoms. The van der Waals surface area contributed by atoms with Crippen LogP contribution in [-0.2, 0) is 6.54 Å².